The Labute approximate surface area is 168 Å². The number of hydrogen-bond acceptors (Lipinski definition) is 5. The van der Waals surface area contributed by atoms with E-state index in [9.17, 15) is 9.59 Å². The van der Waals surface area contributed by atoms with E-state index in [1.165, 1.54) is 21.8 Å². The average Bonchev–Trinajstić information content (AvgIpc) is 3.11. The van der Waals surface area contributed by atoms with Crippen LogP contribution in [0.15, 0.2) is 34.4 Å². The lowest BCUT2D eigenvalue weighted by molar-refractivity contribution is -0.137. The molecule has 3 rings (SSSR count). The molecule has 1 atom stereocenters. The molecule has 1 aromatic carbocycles. The first-order valence-corrected chi connectivity index (χ1v) is 10.1. The fourth-order valence-corrected chi connectivity index (χ4v) is 3.68. The molecule has 7 heteroatoms. The van der Waals surface area contributed by atoms with E-state index in [-0.39, 0.29) is 18.0 Å². The molecule has 0 bridgehead atoms. The maximum atomic E-state index is 12.8. The Bertz CT molecular complexity index is 1050. The minimum Gasteiger partial charge on any atom is -0.481 e. The second kappa shape index (κ2) is 8.14. The Morgan fingerprint density at radius 3 is 2.75 bits per heavy atom. The Morgan fingerprint density at radius 1 is 1.29 bits per heavy atom. The normalized spacial score (nSPS) is 12.4. The van der Waals surface area contributed by atoms with Crippen LogP contribution in [-0.4, -0.2) is 33.9 Å². The van der Waals surface area contributed by atoms with Gasteiger partial charge in [-0.05, 0) is 48.4 Å². The van der Waals surface area contributed by atoms with E-state index in [1.807, 2.05) is 24.4 Å². The van der Waals surface area contributed by atoms with Gasteiger partial charge in [-0.3, -0.25) is 9.59 Å². The monoisotopic (exact) mass is 399 g/mol. The summed E-state index contributed by atoms with van der Waals surface area (Å²) in [5, 5.41) is 1.83. The second-order valence-corrected chi connectivity index (χ2v) is 8.20. The van der Waals surface area contributed by atoms with Crippen LogP contribution in [0.1, 0.15) is 43.6 Å². The van der Waals surface area contributed by atoms with E-state index in [2.05, 4.69) is 29.9 Å². The molecule has 2 heterocycles. The molecule has 0 aliphatic rings. The highest BCUT2D eigenvalue weighted by molar-refractivity contribution is 7.17. The Hall–Kier alpha value is -2.67. The highest BCUT2D eigenvalue weighted by Crippen LogP contribution is 2.25. The SMILES string of the molecule is Cc1ccc(C(C)C)cc1O[C@H](C)C(=O)N(C)Cc1nc2ccsc2c(=O)[nH]1. The quantitative estimate of drug-likeness (QED) is 0.683. The number of carbonyl (C=O) groups excluding carboxylic acids is 1. The fraction of sp³-hybridized carbons (Fsp3) is 0.381. The topological polar surface area (TPSA) is 75.3 Å². The molecule has 0 aliphatic carbocycles. The standard InChI is InChI=1S/C21H25N3O3S/c1-12(2)15-7-6-13(3)17(10-15)27-14(4)21(26)24(5)11-18-22-16-8-9-28-19(16)20(25)23-18/h6-10,12,14H,11H2,1-5H3,(H,22,23,25)/t14-/m1/s1. The molecule has 0 unspecified atom stereocenters. The van der Waals surface area contributed by atoms with E-state index in [0.717, 1.165) is 5.56 Å². The van der Waals surface area contributed by atoms with Gasteiger partial charge in [-0.25, -0.2) is 4.98 Å². The second-order valence-electron chi connectivity index (χ2n) is 7.28. The summed E-state index contributed by atoms with van der Waals surface area (Å²) in [6.45, 7) is 8.14. The van der Waals surface area contributed by atoms with Crippen molar-refractivity contribution in [3.63, 3.8) is 0 Å². The number of H-pyrrole nitrogens is 1. The van der Waals surface area contributed by atoms with E-state index in [0.29, 0.717) is 27.7 Å². The molecule has 6 nitrogen and oxygen atoms in total. The number of carbonyl (C=O) groups is 1. The van der Waals surface area contributed by atoms with Gasteiger partial charge in [0, 0.05) is 7.05 Å². The summed E-state index contributed by atoms with van der Waals surface area (Å²) in [6.07, 6.45) is -0.650. The summed E-state index contributed by atoms with van der Waals surface area (Å²) in [6, 6.07) is 7.88. The van der Waals surface area contributed by atoms with Gasteiger partial charge in [0.2, 0.25) is 0 Å². The lowest BCUT2D eigenvalue weighted by atomic mass is 10.0. The average molecular weight is 400 g/mol. The molecule has 0 saturated heterocycles. The number of fused-ring (bicyclic) bond motifs is 1. The van der Waals surface area contributed by atoms with Crippen molar-refractivity contribution in [1.82, 2.24) is 14.9 Å². The molecule has 148 valence electrons. The third kappa shape index (κ3) is 4.25. The van der Waals surface area contributed by atoms with Crippen molar-refractivity contribution in [2.75, 3.05) is 7.05 Å². The Balaban J connectivity index is 1.72. The number of benzene rings is 1. The molecule has 3 aromatic rings. The maximum Gasteiger partial charge on any atom is 0.268 e. The van der Waals surface area contributed by atoms with E-state index in [1.54, 1.807) is 20.0 Å². The lowest BCUT2D eigenvalue weighted by Crippen LogP contribution is -2.38. The molecule has 0 saturated carbocycles. The number of hydrogen-bond donors (Lipinski definition) is 1. The zero-order valence-electron chi connectivity index (χ0n) is 16.8. The van der Waals surface area contributed by atoms with Crippen molar-refractivity contribution in [2.24, 2.45) is 0 Å². The van der Waals surface area contributed by atoms with Crippen molar-refractivity contribution < 1.29 is 9.53 Å². The van der Waals surface area contributed by atoms with Crippen molar-refractivity contribution in [1.29, 1.82) is 0 Å². The van der Waals surface area contributed by atoms with E-state index in [4.69, 9.17) is 4.74 Å². The number of amides is 1. The van der Waals surface area contributed by atoms with Crippen molar-refractivity contribution in [3.8, 4) is 5.75 Å². The van der Waals surface area contributed by atoms with Gasteiger partial charge in [-0.2, -0.15) is 0 Å². The van der Waals surface area contributed by atoms with E-state index < -0.39 is 6.10 Å². The summed E-state index contributed by atoms with van der Waals surface area (Å²) < 4.78 is 6.55. The van der Waals surface area contributed by atoms with Gasteiger partial charge < -0.3 is 14.6 Å². The minimum atomic E-state index is -0.650. The molecule has 0 spiro atoms. The van der Waals surface area contributed by atoms with Crippen LogP contribution in [-0.2, 0) is 11.3 Å². The Kier molecular flexibility index (Phi) is 5.84. The van der Waals surface area contributed by atoms with Gasteiger partial charge >= 0.3 is 0 Å². The maximum absolute atomic E-state index is 12.8. The molecule has 2 aromatic heterocycles. The fourth-order valence-electron chi connectivity index (χ4n) is 2.95. The van der Waals surface area contributed by atoms with Crippen LogP contribution >= 0.6 is 11.3 Å². The zero-order valence-corrected chi connectivity index (χ0v) is 17.6. The highest BCUT2D eigenvalue weighted by Gasteiger charge is 2.21. The first-order valence-electron chi connectivity index (χ1n) is 9.25. The molecule has 1 amide bonds. The highest BCUT2D eigenvalue weighted by atomic mass is 32.1. The predicted octanol–water partition coefficient (Wildman–Crippen LogP) is 3.84. The number of aromatic amines is 1. The molecule has 0 fully saturated rings. The molecule has 28 heavy (non-hydrogen) atoms. The summed E-state index contributed by atoms with van der Waals surface area (Å²) in [4.78, 5) is 33.6. The number of ether oxygens (including phenoxy) is 1. The summed E-state index contributed by atoms with van der Waals surface area (Å²) in [7, 11) is 1.68. The van der Waals surface area contributed by atoms with Crippen LogP contribution in [0.2, 0.25) is 0 Å². The number of aryl methyl sites for hydroxylation is 1. The third-order valence-corrected chi connectivity index (χ3v) is 5.56. The number of aromatic nitrogens is 2. The molecular formula is C21H25N3O3S. The summed E-state index contributed by atoms with van der Waals surface area (Å²) >= 11 is 1.35. The largest absolute Gasteiger partial charge is 0.481 e. The molecule has 1 N–H and O–H groups in total. The molecule has 0 radical (unpaired) electrons. The van der Waals surface area contributed by atoms with Gasteiger partial charge in [0.15, 0.2) is 6.10 Å². The molecular weight excluding hydrogens is 374 g/mol. The van der Waals surface area contributed by atoms with E-state index >= 15 is 0 Å². The minimum absolute atomic E-state index is 0.178. The van der Waals surface area contributed by atoms with Gasteiger partial charge in [0.05, 0.1) is 12.1 Å². The van der Waals surface area contributed by atoms with Crippen LogP contribution in [0, 0.1) is 6.92 Å². The number of nitrogens with zero attached hydrogens (tertiary/aromatic N) is 2. The van der Waals surface area contributed by atoms with Crippen molar-refractivity contribution in [2.45, 2.75) is 46.3 Å². The van der Waals surface area contributed by atoms with Gasteiger partial charge in [-0.15, -0.1) is 11.3 Å². The number of likely N-dealkylation sites (N-methyl/N-ethyl adjacent to an activating group) is 1. The summed E-state index contributed by atoms with van der Waals surface area (Å²) in [5.41, 5.74) is 2.62. The van der Waals surface area contributed by atoms with Gasteiger partial charge in [0.1, 0.15) is 16.3 Å². The number of rotatable bonds is 6. The van der Waals surface area contributed by atoms with Crippen LogP contribution in [0.4, 0.5) is 0 Å². The summed E-state index contributed by atoms with van der Waals surface area (Å²) in [5.74, 6) is 1.37. The zero-order chi connectivity index (χ0) is 20.4. The predicted molar refractivity (Wildman–Crippen MR) is 112 cm³/mol. The number of nitrogens with one attached hydrogen (secondary N) is 1. The van der Waals surface area contributed by atoms with Crippen molar-refractivity contribution >= 4 is 27.5 Å². The Morgan fingerprint density at radius 2 is 2.04 bits per heavy atom. The van der Waals surface area contributed by atoms with Gasteiger partial charge in [0.25, 0.3) is 11.5 Å². The lowest BCUT2D eigenvalue weighted by Gasteiger charge is -2.23. The molecule has 0 aliphatic heterocycles. The van der Waals surface area contributed by atoms with Crippen LogP contribution < -0.4 is 10.3 Å². The first kappa shape index (κ1) is 20.1. The van der Waals surface area contributed by atoms with Crippen molar-refractivity contribution in [3.05, 3.63) is 57.0 Å². The smallest absolute Gasteiger partial charge is 0.268 e. The first-order chi connectivity index (χ1) is 13.3. The number of thiophene rings is 1. The third-order valence-electron chi connectivity index (χ3n) is 4.66. The van der Waals surface area contributed by atoms with Gasteiger partial charge in [-0.1, -0.05) is 26.0 Å². The van der Waals surface area contributed by atoms with Crippen LogP contribution in [0.5, 0.6) is 5.75 Å². The van der Waals surface area contributed by atoms with Crippen LogP contribution in [0.25, 0.3) is 10.2 Å². The van der Waals surface area contributed by atoms with Crippen LogP contribution in [0.3, 0.4) is 0 Å².